The fraction of sp³-hybridized carbons (Fsp3) is 0.417. The van der Waals surface area contributed by atoms with E-state index in [1.165, 1.54) is 5.56 Å². The van der Waals surface area contributed by atoms with E-state index in [9.17, 15) is 9.59 Å². The Morgan fingerprint density at radius 1 is 1.07 bits per heavy atom. The summed E-state index contributed by atoms with van der Waals surface area (Å²) in [6.07, 6.45) is 0.499. The summed E-state index contributed by atoms with van der Waals surface area (Å²) < 4.78 is 5.74. The molecule has 0 bridgehead atoms. The van der Waals surface area contributed by atoms with Gasteiger partial charge in [-0.15, -0.1) is 0 Å². The zero-order valence-electron chi connectivity index (χ0n) is 18.4. The van der Waals surface area contributed by atoms with Crippen LogP contribution in [0.15, 0.2) is 48.5 Å². The molecular formula is C24H31ClN2O3. The summed E-state index contributed by atoms with van der Waals surface area (Å²) in [4.78, 5) is 27.0. The van der Waals surface area contributed by atoms with Crippen LogP contribution in [0.1, 0.15) is 45.2 Å². The zero-order chi connectivity index (χ0) is 22.3. The fourth-order valence-electron chi connectivity index (χ4n) is 3.15. The van der Waals surface area contributed by atoms with Crippen molar-refractivity contribution in [1.29, 1.82) is 0 Å². The van der Waals surface area contributed by atoms with E-state index in [1.807, 2.05) is 43.3 Å². The van der Waals surface area contributed by atoms with Crippen LogP contribution in [0.3, 0.4) is 0 Å². The second kappa shape index (κ2) is 10.5. The Morgan fingerprint density at radius 2 is 1.67 bits per heavy atom. The number of nitrogens with zero attached hydrogens (tertiary/aromatic N) is 1. The van der Waals surface area contributed by atoms with Gasteiger partial charge in [0.05, 0.1) is 0 Å². The molecule has 2 amide bonds. The van der Waals surface area contributed by atoms with Crippen LogP contribution in [0.5, 0.6) is 5.75 Å². The number of nitrogens with one attached hydrogen (secondary N) is 1. The van der Waals surface area contributed by atoms with Crippen LogP contribution in [0.2, 0.25) is 5.02 Å². The number of hydrogen-bond donors (Lipinski definition) is 1. The Hall–Kier alpha value is -2.53. The molecule has 0 heterocycles. The van der Waals surface area contributed by atoms with Crippen molar-refractivity contribution in [1.82, 2.24) is 10.2 Å². The zero-order valence-corrected chi connectivity index (χ0v) is 19.1. The minimum absolute atomic E-state index is 0.0472. The topological polar surface area (TPSA) is 58.6 Å². The van der Waals surface area contributed by atoms with Crippen molar-refractivity contribution in [3.8, 4) is 5.75 Å². The van der Waals surface area contributed by atoms with Gasteiger partial charge in [0, 0.05) is 18.6 Å². The maximum atomic E-state index is 13.0. The smallest absolute Gasteiger partial charge is 0.261 e. The average Bonchev–Trinajstić information content (AvgIpc) is 2.72. The monoisotopic (exact) mass is 430 g/mol. The van der Waals surface area contributed by atoms with Gasteiger partial charge in [-0.3, -0.25) is 9.59 Å². The number of ether oxygens (including phenoxy) is 1. The number of carbonyl (C=O) groups excluding carboxylic acids is 2. The van der Waals surface area contributed by atoms with Crippen molar-refractivity contribution in [2.45, 2.75) is 52.1 Å². The fourth-order valence-corrected chi connectivity index (χ4v) is 3.28. The standard InChI is InChI=1S/C24H31ClN2O3/c1-6-21(23(29)26-5)27(15-17-7-11-19(25)12-8-17)22(28)16-30-20-13-9-18(10-14-20)24(2,3)4/h7-14,21H,6,15-16H2,1-5H3,(H,26,29)/t21-/m1/s1. The minimum atomic E-state index is -0.579. The predicted octanol–water partition coefficient (Wildman–Crippen LogP) is 4.57. The second-order valence-electron chi connectivity index (χ2n) is 8.25. The number of hydrogen-bond acceptors (Lipinski definition) is 3. The normalized spacial score (nSPS) is 12.2. The molecule has 5 nitrogen and oxygen atoms in total. The highest BCUT2D eigenvalue weighted by molar-refractivity contribution is 6.30. The number of carbonyl (C=O) groups is 2. The molecule has 0 saturated carbocycles. The predicted molar refractivity (Wildman–Crippen MR) is 121 cm³/mol. The van der Waals surface area contributed by atoms with Gasteiger partial charge in [0.1, 0.15) is 11.8 Å². The Morgan fingerprint density at radius 3 is 2.17 bits per heavy atom. The lowest BCUT2D eigenvalue weighted by molar-refractivity contribution is -0.142. The van der Waals surface area contributed by atoms with Crippen LogP contribution in [0, 0.1) is 0 Å². The first-order chi connectivity index (χ1) is 14.2. The summed E-state index contributed by atoms with van der Waals surface area (Å²) in [7, 11) is 1.57. The van der Waals surface area contributed by atoms with Gasteiger partial charge in [0.25, 0.3) is 5.91 Å². The van der Waals surface area contributed by atoms with Crippen molar-refractivity contribution >= 4 is 23.4 Å². The molecule has 2 aromatic carbocycles. The van der Waals surface area contributed by atoms with Gasteiger partial charge < -0.3 is 15.0 Å². The van der Waals surface area contributed by atoms with Crippen LogP contribution >= 0.6 is 11.6 Å². The molecule has 0 saturated heterocycles. The molecule has 0 fully saturated rings. The van der Waals surface area contributed by atoms with E-state index < -0.39 is 6.04 Å². The third kappa shape index (κ3) is 6.49. The summed E-state index contributed by atoms with van der Waals surface area (Å²) in [5, 5.41) is 3.27. The summed E-state index contributed by atoms with van der Waals surface area (Å²) in [6.45, 7) is 8.47. The van der Waals surface area contributed by atoms with Crippen molar-refractivity contribution in [3.63, 3.8) is 0 Å². The molecular weight excluding hydrogens is 400 g/mol. The molecule has 0 aliphatic rings. The summed E-state index contributed by atoms with van der Waals surface area (Å²) in [6, 6.07) is 14.4. The van der Waals surface area contributed by atoms with Gasteiger partial charge in [-0.25, -0.2) is 0 Å². The van der Waals surface area contributed by atoms with Crippen LogP contribution in [-0.4, -0.2) is 36.4 Å². The van der Waals surface area contributed by atoms with Gasteiger partial charge in [-0.1, -0.05) is 63.6 Å². The Bertz CT molecular complexity index is 842. The van der Waals surface area contributed by atoms with Gasteiger partial charge in [-0.05, 0) is 47.2 Å². The van der Waals surface area contributed by atoms with Crippen molar-refractivity contribution < 1.29 is 14.3 Å². The highest BCUT2D eigenvalue weighted by Crippen LogP contribution is 2.24. The Balaban J connectivity index is 2.14. The number of rotatable bonds is 8. The molecule has 30 heavy (non-hydrogen) atoms. The molecule has 0 radical (unpaired) electrons. The molecule has 0 aliphatic carbocycles. The maximum absolute atomic E-state index is 13.0. The van der Waals surface area contributed by atoms with Gasteiger partial charge >= 0.3 is 0 Å². The van der Waals surface area contributed by atoms with Gasteiger partial charge in [-0.2, -0.15) is 0 Å². The quantitative estimate of drug-likeness (QED) is 0.667. The highest BCUT2D eigenvalue weighted by atomic mass is 35.5. The van der Waals surface area contributed by atoms with E-state index in [2.05, 4.69) is 26.1 Å². The lowest BCUT2D eigenvalue weighted by atomic mass is 9.87. The molecule has 1 N–H and O–H groups in total. The Labute approximate surface area is 184 Å². The number of amides is 2. The SMILES string of the molecule is CC[C@H](C(=O)NC)N(Cc1ccc(Cl)cc1)C(=O)COc1ccc(C(C)(C)C)cc1. The lowest BCUT2D eigenvalue weighted by Crippen LogP contribution is -2.49. The minimum Gasteiger partial charge on any atom is -0.484 e. The first-order valence-corrected chi connectivity index (χ1v) is 10.5. The van der Waals surface area contributed by atoms with Crippen LogP contribution < -0.4 is 10.1 Å². The van der Waals surface area contributed by atoms with E-state index in [1.54, 1.807) is 24.1 Å². The molecule has 2 aromatic rings. The molecule has 0 spiro atoms. The van der Waals surface area contributed by atoms with Crippen LogP contribution in [0.4, 0.5) is 0 Å². The first kappa shape index (κ1) is 23.7. The summed E-state index contributed by atoms with van der Waals surface area (Å²) in [5.41, 5.74) is 2.13. The molecule has 0 unspecified atom stereocenters. The molecule has 2 rings (SSSR count). The van der Waals surface area contributed by atoms with Crippen LogP contribution in [0.25, 0.3) is 0 Å². The lowest BCUT2D eigenvalue weighted by Gasteiger charge is -2.30. The van der Waals surface area contributed by atoms with Crippen molar-refractivity contribution in [2.75, 3.05) is 13.7 Å². The van der Waals surface area contributed by atoms with Gasteiger partial charge in [0.15, 0.2) is 6.61 Å². The molecule has 0 aliphatic heterocycles. The number of likely N-dealkylation sites (N-methyl/N-ethyl adjacent to an activating group) is 1. The molecule has 162 valence electrons. The van der Waals surface area contributed by atoms with Crippen molar-refractivity contribution in [2.24, 2.45) is 0 Å². The largest absolute Gasteiger partial charge is 0.484 e. The van der Waals surface area contributed by atoms with Crippen LogP contribution in [-0.2, 0) is 21.5 Å². The van der Waals surface area contributed by atoms with E-state index >= 15 is 0 Å². The molecule has 0 aromatic heterocycles. The third-order valence-corrected chi connectivity index (χ3v) is 5.23. The van der Waals surface area contributed by atoms with E-state index in [4.69, 9.17) is 16.3 Å². The molecule has 1 atom stereocenters. The highest BCUT2D eigenvalue weighted by Gasteiger charge is 2.28. The molecule has 6 heteroatoms. The van der Waals surface area contributed by atoms with E-state index in [0.29, 0.717) is 23.7 Å². The summed E-state index contributed by atoms with van der Waals surface area (Å²) >= 11 is 5.97. The first-order valence-electron chi connectivity index (χ1n) is 10.1. The van der Waals surface area contributed by atoms with E-state index in [0.717, 1.165) is 5.56 Å². The Kier molecular flexibility index (Phi) is 8.30. The van der Waals surface area contributed by atoms with E-state index in [-0.39, 0.29) is 23.8 Å². The number of benzene rings is 2. The average molecular weight is 431 g/mol. The third-order valence-electron chi connectivity index (χ3n) is 4.98. The van der Waals surface area contributed by atoms with Crippen molar-refractivity contribution in [3.05, 3.63) is 64.7 Å². The van der Waals surface area contributed by atoms with Gasteiger partial charge in [0.2, 0.25) is 5.91 Å². The maximum Gasteiger partial charge on any atom is 0.261 e. The second-order valence-corrected chi connectivity index (χ2v) is 8.69. The number of halogens is 1. The summed E-state index contributed by atoms with van der Waals surface area (Å²) in [5.74, 6) is 0.172.